The molecular weight excluding hydrogens is 254 g/mol. The molecule has 0 bridgehead atoms. The molecule has 6 nitrogen and oxygen atoms in total. The molecule has 0 radical (unpaired) electrons. The topological polar surface area (TPSA) is 77.5 Å². The minimum Gasteiger partial charge on any atom is -0.497 e. The summed E-state index contributed by atoms with van der Waals surface area (Å²) in [7, 11) is 1.63. The number of aliphatic imine (C=N–C) groups is 1. The van der Waals surface area contributed by atoms with Crippen LogP contribution in [0.15, 0.2) is 41.7 Å². The lowest BCUT2D eigenvalue weighted by Crippen LogP contribution is -2.22. The summed E-state index contributed by atoms with van der Waals surface area (Å²) < 4.78 is 7.18. The highest BCUT2D eigenvalue weighted by Gasteiger charge is 2.01. The van der Waals surface area contributed by atoms with Crippen LogP contribution in [0, 0.1) is 0 Å². The van der Waals surface area contributed by atoms with Gasteiger partial charge in [0.15, 0.2) is 5.96 Å². The number of rotatable bonds is 5. The van der Waals surface area contributed by atoms with E-state index in [-0.39, 0.29) is 0 Å². The van der Waals surface area contributed by atoms with Crippen LogP contribution in [-0.4, -0.2) is 22.6 Å². The van der Waals surface area contributed by atoms with Crippen LogP contribution in [0.25, 0.3) is 0 Å². The fourth-order valence-electron chi connectivity index (χ4n) is 1.82. The van der Waals surface area contributed by atoms with Crippen molar-refractivity contribution in [2.75, 3.05) is 12.4 Å². The van der Waals surface area contributed by atoms with Crippen molar-refractivity contribution < 1.29 is 4.74 Å². The van der Waals surface area contributed by atoms with Gasteiger partial charge in [0.1, 0.15) is 18.1 Å². The number of aromatic nitrogens is 2. The van der Waals surface area contributed by atoms with E-state index in [1.807, 2.05) is 35.0 Å². The molecule has 3 N–H and O–H groups in total. The van der Waals surface area contributed by atoms with Gasteiger partial charge in [0.25, 0.3) is 0 Å². The van der Waals surface area contributed by atoms with E-state index in [0.29, 0.717) is 12.5 Å². The van der Waals surface area contributed by atoms with Crippen LogP contribution >= 0.6 is 0 Å². The minimum atomic E-state index is 0.351. The maximum Gasteiger partial charge on any atom is 0.193 e. The van der Waals surface area contributed by atoms with E-state index in [0.717, 1.165) is 23.8 Å². The Labute approximate surface area is 118 Å². The van der Waals surface area contributed by atoms with Gasteiger partial charge in [0.05, 0.1) is 7.11 Å². The number of guanidine groups is 1. The maximum atomic E-state index is 5.87. The van der Waals surface area contributed by atoms with E-state index in [2.05, 4.69) is 22.2 Å². The van der Waals surface area contributed by atoms with Gasteiger partial charge >= 0.3 is 0 Å². The first-order valence-corrected chi connectivity index (χ1v) is 6.44. The molecule has 0 aliphatic carbocycles. The Bertz CT molecular complexity index is 591. The van der Waals surface area contributed by atoms with Gasteiger partial charge < -0.3 is 20.4 Å². The molecule has 0 aliphatic heterocycles. The normalized spacial score (nSPS) is 11.4. The molecule has 0 unspecified atom stereocenters. The molecule has 6 heteroatoms. The second-order valence-corrected chi connectivity index (χ2v) is 4.19. The zero-order chi connectivity index (χ0) is 14.4. The number of benzene rings is 1. The quantitative estimate of drug-likeness (QED) is 0.643. The number of aryl methyl sites for hydroxylation is 1. The van der Waals surface area contributed by atoms with Crippen LogP contribution in [0.2, 0.25) is 0 Å². The Balaban J connectivity index is 2.00. The number of nitrogens with two attached hydrogens (primary N) is 1. The highest BCUT2D eigenvalue weighted by Crippen LogP contribution is 2.16. The van der Waals surface area contributed by atoms with Crippen LogP contribution in [-0.2, 0) is 13.1 Å². The fourth-order valence-corrected chi connectivity index (χ4v) is 1.82. The number of anilines is 1. The summed E-state index contributed by atoms with van der Waals surface area (Å²) in [6.45, 7) is 3.38. The third kappa shape index (κ3) is 3.50. The van der Waals surface area contributed by atoms with Crippen LogP contribution in [0.4, 0.5) is 5.69 Å². The molecule has 20 heavy (non-hydrogen) atoms. The Hall–Kier alpha value is -2.50. The number of imidazole rings is 1. The first-order valence-electron chi connectivity index (χ1n) is 6.44. The Morgan fingerprint density at radius 2 is 2.35 bits per heavy atom. The fraction of sp³-hybridized carbons (Fsp3) is 0.286. The van der Waals surface area contributed by atoms with Gasteiger partial charge in [-0.15, -0.1) is 0 Å². The van der Waals surface area contributed by atoms with Gasteiger partial charge in [0.2, 0.25) is 0 Å². The van der Waals surface area contributed by atoms with E-state index in [1.165, 1.54) is 0 Å². The molecule has 0 aliphatic rings. The van der Waals surface area contributed by atoms with E-state index in [1.54, 1.807) is 13.3 Å². The highest BCUT2D eigenvalue weighted by molar-refractivity contribution is 5.92. The maximum absolute atomic E-state index is 5.87. The Morgan fingerprint density at radius 1 is 1.50 bits per heavy atom. The summed E-state index contributed by atoms with van der Waals surface area (Å²) in [5, 5.41) is 3.03. The van der Waals surface area contributed by atoms with E-state index >= 15 is 0 Å². The zero-order valence-electron chi connectivity index (χ0n) is 11.7. The van der Waals surface area contributed by atoms with Crippen molar-refractivity contribution >= 4 is 11.6 Å². The molecule has 0 spiro atoms. The lowest BCUT2D eigenvalue weighted by atomic mass is 10.3. The standard InChI is InChI=1S/C14H19N5O/c1-3-19-8-7-16-13(19)10-17-14(15)18-11-5-4-6-12(9-11)20-2/h4-9H,3,10H2,1-2H3,(H3,15,17,18). The molecule has 1 aromatic carbocycles. The number of nitrogens with zero attached hydrogens (tertiary/aromatic N) is 3. The Kier molecular flexibility index (Phi) is 4.60. The zero-order valence-corrected chi connectivity index (χ0v) is 11.7. The molecule has 1 heterocycles. The lowest BCUT2D eigenvalue weighted by Gasteiger charge is -2.07. The third-order valence-electron chi connectivity index (χ3n) is 2.88. The van der Waals surface area contributed by atoms with Gasteiger partial charge in [-0.2, -0.15) is 0 Å². The molecule has 1 aromatic heterocycles. The van der Waals surface area contributed by atoms with Crippen molar-refractivity contribution in [3.8, 4) is 5.75 Å². The predicted molar refractivity (Wildman–Crippen MR) is 79.8 cm³/mol. The van der Waals surface area contributed by atoms with Crippen LogP contribution in [0.3, 0.4) is 0 Å². The third-order valence-corrected chi connectivity index (χ3v) is 2.88. The summed E-state index contributed by atoms with van der Waals surface area (Å²) in [4.78, 5) is 8.53. The van der Waals surface area contributed by atoms with Crippen molar-refractivity contribution in [2.45, 2.75) is 20.0 Å². The first kappa shape index (κ1) is 13.9. The first-order chi connectivity index (χ1) is 9.72. The average Bonchev–Trinajstić information content (AvgIpc) is 2.93. The number of hydrogen-bond donors (Lipinski definition) is 2. The molecular formula is C14H19N5O. The molecule has 0 fully saturated rings. The molecule has 0 atom stereocenters. The Morgan fingerprint density at radius 3 is 3.10 bits per heavy atom. The summed E-state index contributed by atoms with van der Waals surface area (Å²) in [5.41, 5.74) is 6.70. The summed E-state index contributed by atoms with van der Waals surface area (Å²) in [5.74, 6) is 2.01. The smallest absolute Gasteiger partial charge is 0.193 e. The molecule has 0 saturated heterocycles. The minimum absolute atomic E-state index is 0.351. The second kappa shape index (κ2) is 6.60. The van der Waals surface area contributed by atoms with Crippen molar-refractivity contribution in [3.63, 3.8) is 0 Å². The van der Waals surface area contributed by atoms with E-state index < -0.39 is 0 Å². The van der Waals surface area contributed by atoms with Crippen LogP contribution < -0.4 is 15.8 Å². The van der Waals surface area contributed by atoms with Crippen LogP contribution in [0.1, 0.15) is 12.7 Å². The molecule has 106 valence electrons. The van der Waals surface area contributed by atoms with Gasteiger partial charge in [-0.05, 0) is 19.1 Å². The highest BCUT2D eigenvalue weighted by atomic mass is 16.5. The second-order valence-electron chi connectivity index (χ2n) is 4.19. The number of nitrogens with one attached hydrogen (secondary N) is 1. The van der Waals surface area contributed by atoms with Crippen molar-refractivity contribution in [3.05, 3.63) is 42.5 Å². The summed E-state index contributed by atoms with van der Waals surface area (Å²) in [6, 6.07) is 7.52. The molecule has 0 amide bonds. The van der Waals surface area contributed by atoms with Gasteiger partial charge in [0, 0.05) is 30.7 Å². The predicted octanol–water partition coefficient (Wildman–Crippen LogP) is 1.84. The van der Waals surface area contributed by atoms with E-state index in [9.17, 15) is 0 Å². The molecule has 0 saturated carbocycles. The molecule has 2 aromatic rings. The average molecular weight is 273 g/mol. The van der Waals surface area contributed by atoms with Crippen LogP contribution in [0.5, 0.6) is 5.75 Å². The number of methoxy groups -OCH3 is 1. The number of ether oxygens (including phenoxy) is 1. The van der Waals surface area contributed by atoms with Gasteiger partial charge in [-0.3, -0.25) is 0 Å². The largest absolute Gasteiger partial charge is 0.497 e. The van der Waals surface area contributed by atoms with Gasteiger partial charge in [-0.25, -0.2) is 9.98 Å². The van der Waals surface area contributed by atoms with Crippen molar-refractivity contribution in [2.24, 2.45) is 10.7 Å². The lowest BCUT2D eigenvalue weighted by molar-refractivity contribution is 0.415. The van der Waals surface area contributed by atoms with Crippen molar-refractivity contribution in [1.29, 1.82) is 0 Å². The summed E-state index contributed by atoms with van der Waals surface area (Å²) in [6.07, 6.45) is 3.69. The van der Waals surface area contributed by atoms with Crippen molar-refractivity contribution in [1.82, 2.24) is 9.55 Å². The summed E-state index contributed by atoms with van der Waals surface area (Å²) >= 11 is 0. The monoisotopic (exact) mass is 273 g/mol. The molecule has 2 rings (SSSR count). The van der Waals surface area contributed by atoms with E-state index in [4.69, 9.17) is 10.5 Å². The SMILES string of the molecule is CCn1ccnc1CN=C(N)Nc1cccc(OC)c1. The van der Waals surface area contributed by atoms with Gasteiger partial charge in [-0.1, -0.05) is 6.07 Å². The number of hydrogen-bond acceptors (Lipinski definition) is 3.